The molecule has 0 atom stereocenters. The molecule has 1 aromatic heterocycles. The van der Waals surface area contributed by atoms with Gasteiger partial charge in [-0.1, -0.05) is 20.8 Å². The highest BCUT2D eigenvalue weighted by molar-refractivity contribution is 5.88. The first-order valence-corrected chi connectivity index (χ1v) is 6.79. The summed E-state index contributed by atoms with van der Waals surface area (Å²) in [6.45, 7) is 11.0. The number of nitrogens with zero attached hydrogens (tertiary/aromatic N) is 2. The molecule has 112 valence electrons. The number of carbonyl (C=O) groups excluding carboxylic acids is 1. The van der Waals surface area contributed by atoms with E-state index in [0.717, 1.165) is 5.69 Å². The van der Waals surface area contributed by atoms with E-state index in [4.69, 9.17) is 4.74 Å². The SMILES string of the molecule is CC(C)OCCNC(=O)Nc1ccc(C(C)(C)C)nn1. The molecule has 0 bridgehead atoms. The van der Waals surface area contributed by atoms with Crippen molar-refractivity contribution in [2.75, 3.05) is 18.5 Å². The van der Waals surface area contributed by atoms with E-state index >= 15 is 0 Å². The summed E-state index contributed by atoms with van der Waals surface area (Å²) in [5.74, 6) is 0.431. The zero-order chi connectivity index (χ0) is 15.2. The fourth-order valence-corrected chi connectivity index (χ4v) is 1.42. The van der Waals surface area contributed by atoms with Crippen LogP contribution < -0.4 is 10.6 Å². The zero-order valence-corrected chi connectivity index (χ0v) is 12.9. The first-order valence-electron chi connectivity index (χ1n) is 6.79. The van der Waals surface area contributed by atoms with Gasteiger partial charge in [-0.25, -0.2) is 4.79 Å². The highest BCUT2D eigenvalue weighted by Crippen LogP contribution is 2.19. The Morgan fingerprint density at radius 2 is 2.00 bits per heavy atom. The Morgan fingerprint density at radius 1 is 1.30 bits per heavy atom. The first-order chi connectivity index (χ1) is 9.29. The highest BCUT2D eigenvalue weighted by Gasteiger charge is 2.15. The standard InChI is InChI=1S/C14H24N4O2/c1-10(2)20-9-8-15-13(19)16-12-7-6-11(17-18-12)14(3,4)5/h6-7,10H,8-9H2,1-5H3,(H2,15,16,18,19). The lowest BCUT2D eigenvalue weighted by molar-refractivity contribution is 0.0820. The normalized spacial score (nSPS) is 11.5. The van der Waals surface area contributed by atoms with Gasteiger partial charge in [-0.2, -0.15) is 5.10 Å². The molecule has 2 N–H and O–H groups in total. The monoisotopic (exact) mass is 280 g/mol. The maximum absolute atomic E-state index is 11.6. The van der Waals surface area contributed by atoms with E-state index in [1.807, 2.05) is 19.9 Å². The Morgan fingerprint density at radius 3 is 2.50 bits per heavy atom. The summed E-state index contributed by atoms with van der Waals surface area (Å²) in [7, 11) is 0. The van der Waals surface area contributed by atoms with Crippen LogP contribution in [0.3, 0.4) is 0 Å². The molecule has 0 unspecified atom stereocenters. The van der Waals surface area contributed by atoms with Crippen molar-refractivity contribution < 1.29 is 9.53 Å². The Bertz CT molecular complexity index is 424. The molecule has 0 aliphatic carbocycles. The number of rotatable bonds is 5. The zero-order valence-electron chi connectivity index (χ0n) is 12.9. The lowest BCUT2D eigenvalue weighted by atomic mass is 9.92. The summed E-state index contributed by atoms with van der Waals surface area (Å²) in [6, 6.07) is 3.30. The average Bonchev–Trinajstić information content (AvgIpc) is 2.34. The minimum absolute atomic E-state index is 0.0536. The number of carbonyl (C=O) groups is 1. The van der Waals surface area contributed by atoms with Gasteiger partial charge in [-0.15, -0.1) is 5.10 Å². The van der Waals surface area contributed by atoms with Crippen LogP contribution in [-0.4, -0.2) is 35.5 Å². The van der Waals surface area contributed by atoms with Gasteiger partial charge < -0.3 is 10.1 Å². The van der Waals surface area contributed by atoms with Gasteiger partial charge in [0.2, 0.25) is 0 Å². The molecule has 0 aliphatic rings. The predicted octanol–water partition coefficient (Wildman–Crippen LogP) is 2.32. The molecule has 0 radical (unpaired) electrons. The molecule has 0 aliphatic heterocycles. The number of aromatic nitrogens is 2. The Kier molecular flexibility index (Phi) is 5.88. The lowest BCUT2D eigenvalue weighted by Crippen LogP contribution is -2.32. The molecular weight excluding hydrogens is 256 g/mol. The van der Waals surface area contributed by atoms with Crippen molar-refractivity contribution in [1.82, 2.24) is 15.5 Å². The molecule has 1 heterocycles. The van der Waals surface area contributed by atoms with Crippen molar-refractivity contribution in [3.05, 3.63) is 17.8 Å². The number of anilines is 1. The van der Waals surface area contributed by atoms with Crippen LogP contribution in [0.1, 0.15) is 40.3 Å². The van der Waals surface area contributed by atoms with Gasteiger partial charge in [0.25, 0.3) is 0 Å². The van der Waals surface area contributed by atoms with Crippen molar-refractivity contribution in [1.29, 1.82) is 0 Å². The second kappa shape index (κ2) is 7.19. The largest absolute Gasteiger partial charge is 0.377 e. The van der Waals surface area contributed by atoms with Gasteiger partial charge >= 0.3 is 6.03 Å². The highest BCUT2D eigenvalue weighted by atomic mass is 16.5. The van der Waals surface area contributed by atoms with E-state index in [-0.39, 0.29) is 17.6 Å². The minimum Gasteiger partial charge on any atom is -0.377 e. The summed E-state index contributed by atoms with van der Waals surface area (Å²) in [4.78, 5) is 11.6. The van der Waals surface area contributed by atoms with Gasteiger partial charge in [-0.3, -0.25) is 5.32 Å². The fraction of sp³-hybridized carbons (Fsp3) is 0.643. The third-order valence-corrected chi connectivity index (χ3v) is 2.51. The van der Waals surface area contributed by atoms with Crippen LogP contribution in [0.4, 0.5) is 10.6 Å². The first kappa shape index (κ1) is 16.4. The van der Waals surface area contributed by atoms with Crippen molar-refractivity contribution in [2.45, 2.75) is 46.1 Å². The molecule has 0 fully saturated rings. The number of urea groups is 1. The van der Waals surface area contributed by atoms with Crippen LogP contribution in [0.2, 0.25) is 0 Å². The summed E-state index contributed by atoms with van der Waals surface area (Å²) in [6.07, 6.45) is 0.163. The smallest absolute Gasteiger partial charge is 0.320 e. The van der Waals surface area contributed by atoms with Crippen LogP contribution in [0.15, 0.2) is 12.1 Å². The van der Waals surface area contributed by atoms with Gasteiger partial charge in [0, 0.05) is 12.0 Å². The lowest BCUT2D eigenvalue weighted by Gasteiger charge is -2.16. The van der Waals surface area contributed by atoms with Crippen LogP contribution in [-0.2, 0) is 10.2 Å². The summed E-state index contributed by atoms with van der Waals surface area (Å²) >= 11 is 0. The second-order valence-corrected chi connectivity index (χ2v) is 5.85. The number of hydrogen-bond donors (Lipinski definition) is 2. The third-order valence-electron chi connectivity index (χ3n) is 2.51. The van der Waals surface area contributed by atoms with E-state index in [1.54, 1.807) is 6.07 Å². The number of nitrogens with one attached hydrogen (secondary N) is 2. The molecule has 2 amide bonds. The molecule has 0 saturated carbocycles. The molecule has 1 aromatic rings. The summed E-state index contributed by atoms with van der Waals surface area (Å²) in [5.41, 5.74) is 0.830. The molecule has 6 nitrogen and oxygen atoms in total. The van der Waals surface area contributed by atoms with Gasteiger partial charge in [0.05, 0.1) is 18.4 Å². The predicted molar refractivity (Wildman–Crippen MR) is 78.8 cm³/mol. The molecule has 0 spiro atoms. The van der Waals surface area contributed by atoms with Crippen LogP contribution in [0.25, 0.3) is 0 Å². The molecule has 1 rings (SSSR count). The third kappa shape index (κ3) is 5.97. The minimum atomic E-state index is -0.310. The number of ether oxygens (including phenoxy) is 1. The maximum atomic E-state index is 11.6. The van der Waals surface area contributed by atoms with Crippen molar-refractivity contribution in [2.24, 2.45) is 0 Å². The van der Waals surface area contributed by atoms with Crippen molar-refractivity contribution in [3.63, 3.8) is 0 Å². The van der Waals surface area contributed by atoms with E-state index in [0.29, 0.717) is 19.0 Å². The molecule has 0 aromatic carbocycles. The van der Waals surface area contributed by atoms with Crippen molar-refractivity contribution >= 4 is 11.8 Å². The summed E-state index contributed by atoms with van der Waals surface area (Å²) < 4.78 is 5.33. The van der Waals surface area contributed by atoms with Crippen LogP contribution in [0, 0.1) is 0 Å². The Hall–Kier alpha value is -1.69. The molecule has 0 saturated heterocycles. The Labute approximate surface area is 120 Å². The van der Waals surface area contributed by atoms with Crippen LogP contribution >= 0.6 is 0 Å². The molecule has 20 heavy (non-hydrogen) atoms. The quantitative estimate of drug-likeness (QED) is 0.812. The van der Waals surface area contributed by atoms with Gasteiger partial charge in [0.1, 0.15) is 0 Å². The molecular formula is C14H24N4O2. The number of amides is 2. The second-order valence-electron chi connectivity index (χ2n) is 5.85. The van der Waals surface area contributed by atoms with E-state index in [2.05, 4.69) is 41.6 Å². The van der Waals surface area contributed by atoms with E-state index < -0.39 is 0 Å². The van der Waals surface area contributed by atoms with Crippen molar-refractivity contribution in [3.8, 4) is 0 Å². The van der Waals surface area contributed by atoms with E-state index in [1.165, 1.54) is 0 Å². The number of hydrogen-bond acceptors (Lipinski definition) is 4. The summed E-state index contributed by atoms with van der Waals surface area (Å²) in [5, 5.41) is 13.4. The Balaban J connectivity index is 2.39. The molecule has 6 heteroatoms. The fourth-order valence-electron chi connectivity index (χ4n) is 1.42. The van der Waals surface area contributed by atoms with Gasteiger partial charge in [0.15, 0.2) is 5.82 Å². The van der Waals surface area contributed by atoms with E-state index in [9.17, 15) is 4.79 Å². The van der Waals surface area contributed by atoms with Crippen LogP contribution in [0.5, 0.6) is 0 Å². The maximum Gasteiger partial charge on any atom is 0.320 e. The topological polar surface area (TPSA) is 76.1 Å². The van der Waals surface area contributed by atoms with Gasteiger partial charge in [-0.05, 0) is 26.0 Å². The average molecular weight is 280 g/mol.